The Labute approximate surface area is 115 Å². The van der Waals surface area contributed by atoms with Crippen LogP contribution >= 0.6 is 0 Å². The van der Waals surface area contributed by atoms with Crippen molar-refractivity contribution in [3.63, 3.8) is 0 Å². The Balaban J connectivity index is 1.84. The number of benzene rings is 2. The van der Waals surface area contributed by atoms with Crippen molar-refractivity contribution in [2.24, 2.45) is 0 Å². The van der Waals surface area contributed by atoms with Crippen molar-refractivity contribution < 1.29 is 9.13 Å². The number of ether oxygens (including phenoxy) is 1. The summed E-state index contributed by atoms with van der Waals surface area (Å²) in [4.78, 5) is 4.57. The standard InChI is InChI=1S/C16H11FN2O/c17-12-7-5-11(6-8-12)13-9-19-14-3-1-2-4-15(14)20-10-16(19)18-13/h1-9H,10H2. The van der Waals surface area contributed by atoms with Crippen LogP contribution in [0.15, 0.2) is 54.7 Å². The molecule has 3 nitrogen and oxygen atoms in total. The zero-order valence-corrected chi connectivity index (χ0v) is 10.6. The minimum absolute atomic E-state index is 0.244. The van der Waals surface area contributed by atoms with Crippen LogP contribution in [-0.2, 0) is 6.61 Å². The smallest absolute Gasteiger partial charge is 0.152 e. The second-order valence-electron chi connectivity index (χ2n) is 4.68. The molecule has 2 heterocycles. The van der Waals surface area contributed by atoms with Crippen molar-refractivity contribution in [2.45, 2.75) is 6.61 Å². The van der Waals surface area contributed by atoms with Gasteiger partial charge in [-0.3, -0.25) is 4.57 Å². The first-order valence-electron chi connectivity index (χ1n) is 6.38. The van der Waals surface area contributed by atoms with E-state index in [0.29, 0.717) is 6.61 Å². The Morgan fingerprint density at radius 1 is 1.05 bits per heavy atom. The SMILES string of the molecule is Fc1ccc(-c2cn3c(n2)COc2ccccc2-3)cc1. The molecule has 20 heavy (non-hydrogen) atoms. The highest BCUT2D eigenvalue weighted by Crippen LogP contribution is 2.31. The third kappa shape index (κ3) is 1.69. The molecular weight excluding hydrogens is 255 g/mol. The van der Waals surface area contributed by atoms with Gasteiger partial charge < -0.3 is 4.74 Å². The maximum absolute atomic E-state index is 13.0. The highest BCUT2D eigenvalue weighted by atomic mass is 19.1. The van der Waals surface area contributed by atoms with E-state index in [4.69, 9.17) is 4.74 Å². The van der Waals surface area contributed by atoms with E-state index in [9.17, 15) is 4.39 Å². The summed E-state index contributed by atoms with van der Waals surface area (Å²) in [6.45, 7) is 0.443. The van der Waals surface area contributed by atoms with Gasteiger partial charge in [0.1, 0.15) is 18.2 Å². The van der Waals surface area contributed by atoms with Gasteiger partial charge in [-0.1, -0.05) is 12.1 Å². The summed E-state index contributed by atoms with van der Waals surface area (Å²) in [6, 6.07) is 14.2. The summed E-state index contributed by atoms with van der Waals surface area (Å²) >= 11 is 0. The third-order valence-electron chi connectivity index (χ3n) is 3.40. The van der Waals surface area contributed by atoms with Gasteiger partial charge in [-0.05, 0) is 36.4 Å². The molecule has 0 fully saturated rings. The molecule has 3 aromatic rings. The zero-order chi connectivity index (χ0) is 13.5. The van der Waals surface area contributed by atoms with Gasteiger partial charge in [-0.15, -0.1) is 0 Å². The van der Waals surface area contributed by atoms with Gasteiger partial charge in [0.2, 0.25) is 0 Å². The van der Waals surface area contributed by atoms with Crippen molar-refractivity contribution in [3.05, 3.63) is 66.4 Å². The minimum atomic E-state index is -0.244. The molecule has 0 saturated heterocycles. The lowest BCUT2D eigenvalue weighted by atomic mass is 10.2. The first-order valence-corrected chi connectivity index (χ1v) is 6.38. The van der Waals surface area contributed by atoms with Crippen molar-refractivity contribution in [3.8, 4) is 22.7 Å². The average molecular weight is 266 g/mol. The molecule has 4 heteroatoms. The van der Waals surface area contributed by atoms with Gasteiger partial charge in [0.05, 0.1) is 11.4 Å². The van der Waals surface area contributed by atoms with E-state index in [1.54, 1.807) is 12.1 Å². The molecule has 1 aromatic heterocycles. The summed E-state index contributed by atoms with van der Waals surface area (Å²) in [5, 5.41) is 0. The van der Waals surface area contributed by atoms with Crippen LogP contribution in [0.3, 0.4) is 0 Å². The van der Waals surface area contributed by atoms with Crippen molar-refractivity contribution >= 4 is 0 Å². The zero-order valence-electron chi connectivity index (χ0n) is 10.6. The van der Waals surface area contributed by atoms with Crippen molar-refractivity contribution in [2.75, 3.05) is 0 Å². The number of halogens is 1. The van der Waals surface area contributed by atoms with E-state index in [1.165, 1.54) is 12.1 Å². The molecule has 0 saturated carbocycles. The summed E-state index contributed by atoms with van der Waals surface area (Å²) < 4.78 is 20.7. The van der Waals surface area contributed by atoms with Crippen LogP contribution in [0.1, 0.15) is 5.82 Å². The maximum atomic E-state index is 13.0. The van der Waals surface area contributed by atoms with Crippen molar-refractivity contribution in [1.82, 2.24) is 9.55 Å². The Kier molecular flexibility index (Phi) is 2.36. The molecule has 0 bridgehead atoms. The van der Waals surface area contributed by atoms with Crippen LogP contribution in [0.25, 0.3) is 16.9 Å². The monoisotopic (exact) mass is 266 g/mol. The maximum Gasteiger partial charge on any atom is 0.152 e. The highest BCUT2D eigenvalue weighted by Gasteiger charge is 2.19. The summed E-state index contributed by atoms with van der Waals surface area (Å²) in [5.74, 6) is 1.46. The minimum Gasteiger partial charge on any atom is -0.483 e. The molecular formula is C16H11FN2O. The third-order valence-corrected chi connectivity index (χ3v) is 3.40. The van der Waals surface area contributed by atoms with Gasteiger partial charge in [0, 0.05) is 11.8 Å². The number of fused-ring (bicyclic) bond motifs is 3. The summed E-state index contributed by atoms with van der Waals surface area (Å²) in [6.07, 6.45) is 1.96. The van der Waals surface area contributed by atoms with Gasteiger partial charge in [-0.25, -0.2) is 9.37 Å². The number of rotatable bonds is 1. The molecule has 98 valence electrons. The molecule has 4 rings (SSSR count). The predicted octanol–water partition coefficient (Wildman–Crippen LogP) is 3.57. The first kappa shape index (κ1) is 11.2. The van der Waals surface area contributed by atoms with Crippen LogP contribution in [0.2, 0.25) is 0 Å². The van der Waals surface area contributed by atoms with Crippen LogP contribution in [-0.4, -0.2) is 9.55 Å². The van der Waals surface area contributed by atoms with Gasteiger partial charge in [-0.2, -0.15) is 0 Å². The fourth-order valence-corrected chi connectivity index (χ4v) is 2.41. The molecule has 1 aliphatic heterocycles. The predicted molar refractivity (Wildman–Crippen MR) is 73.3 cm³/mol. The van der Waals surface area contributed by atoms with E-state index < -0.39 is 0 Å². The normalized spacial score (nSPS) is 12.4. The van der Waals surface area contributed by atoms with Crippen LogP contribution in [0.4, 0.5) is 4.39 Å². The Bertz CT molecular complexity index is 777. The number of imidazole rings is 1. The summed E-state index contributed by atoms with van der Waals surface area (Å²) in [5.41, 5.74) is 2.70. The lowest BCUT2D eigenvalue weighted by Crippen LogP contribution is -2.12. The lowest BCUT2D eigenvalue weighted by Gasteiger charge is -2.18. The molecule has 0 spiro atoms. The fourth-order valence-electron chi connectivity index (χ4n) is 2.41. The molecule has 0 atom stereocenters. The number of nitrogens with zero attached hydrogens (tertiary/aromatic N) is 2. The van der Waals surface area contributed by atoms with E-state index >= 15 is 0 Å². The fraction of sp³-hybridized carbons (Fsp3) is 0.0625. The topological polar surface area (TPSA) is 27.1 Å². The van der Waals surface area contributed by atoms with E-state index in [0.717, 1.165) is 28.5 Å². The van der Waals surface area contributed by atoms with Crippen LogP contribution in [0, 0.1) is 5.82 Å². The van der Waals surface area contributed by atoms with E-state index in [-0.39, 0.29) is 5.82 Å². The molecule has 0 radical (unpaired) electrons. The quantitative estimate of drug-likeness (QED) is 0.673. The molecule has 1 aliphatic rings. The number of hydrogen-bond acceptors (Lipinski definition) is 2. The molecule has 0 amide bonds. The molecule has 2 aromatic carbocycles. The molecule has 0 aliphatic carbocycles. The highest BCUT2D eigenvalue weighted by molar-refractivity contribution is 5.61. The Morgan fingerprint density at radius 2 is 1.85 bits per heavy atom. The van der Waals surface area contributed by atoms with Gasteiger partial charge in [0.25, 0.3) is 0 Å². The first-order chi connectivity index (χ1) is 9.81. The van der Waals surface area contributed by atoms with Crippen molar-refractivity contribution in [1.29, 1.82) is 0 Å². The number of aromatic nitrogens is 2. The van der Waals surface area contributed by atoms with Crippen LogP contribution < -0.4 is 4.74 Å². The Hall–Kier alpha value is -2.62. The molecule has 0 N–H and O–H groups in total. The molecule has 0 unspecified atom stereocenters. The largest absolute Gasteiger partial charge is 0.483 e. The Morgan fingerprint density at radius 3 is 2.70 bits per heavy atom. The second-order valence-corrected chi connectivity index (χ2v) is 4.68. The average Bonchev–Trinajstić information content (AvgIpc) is 2.92. The van der Waals surface area contributed by atoms with E-state index in [1.807, 2.05) is 35.0 Å². The second kappa shape index (κ2) is 4.20. The van der Waals surface area contributed by atoms with Crippen LogP contribution in [0.5, 0.6) is 5.75 Å². The van der Waals surface area contributed by atoms with Gasteiger partial charge in [0.15, 0.2) is 5.82 Å². The van der Waals surface area contributed by atoms with Gasteiger partial charge >= 0.3 is 0 Å². The number of hydrogen-bond donors (Lipinski definition) is 0. The van der Waals surface area contributed by atoms with E-state index in [2.05, 4.69) is 4.98 Å². The number of para-hydroxylation sites is 2. The summed E-state index contributed by atoms with van der Waals surface area (Å²) in [7, 11) is 0. The lowest BCUT2D eigenvalue weighted by molar-refractivity contribution is 0.279.